The van der Waals surface area contributed by atoms with Crippen LogP contribution in [0.1, 0.15) is 37.2 Å². The first kappa shape index (κ1) is 23.4. The first-order chi connectivity index (χ1) is 16.4. The van der Waals surface area contributed by atoms with E-state index >= 15 is 0 Å². The van der Waals surface area contributed by atoms with E-state index in [9.17, 15) is 18.8 Å². The summed E-state index contributed by atoms with van der Waals surface area (Å²) in [6.07, 6.45) is 2.94. The maximum absolute atomic E-state index is 13.3. The Bertz CT molecular complexity index is 1200. The summed E-state index contributed by atoms with van der Waals surface area (Å²) in [5.41, 5.74) is 2.85. The molecular weight excluding hydrogens is 459 g/mol. The van der Waals surface area contributed by atoms with Gasteiger partial charge in [0.1, 0.15) is 24.4 Å². The first-order valence-corrected chi connectivity index (χ1v) is 11.5. The van der Waals surface area contributed by atoms with Crippen molar-refractivity contribution in [3.8, 4) is 0 Å². The van der Waals surface area contributed by atoms with Crippen molar-refractivity contribution in [2.45, 2.75) is 12.3 Å². The molecule has 34 heavy (non-hydrogen) atoms. The van der Waals surface area contributed by atoms with Crippen LogP contribution in [0.3, 0.4) is 0 Å². The van der Waals surface area contributed by atoms with Gasteiger partial charge in [0.15, 0.2) is 0 Å². The fraction of sp³-hybridized carbons (Fsp3) is 0.200. The minimum absolute atomic E-state index is 0.0619. The third-order valence-corrected chi connectivity index (χ3v) is 6.37. The van der Waals surface area contributed by atoms with Crippen LogP contribution in [0, 0.1) is 12.7 Å². The lowest BCUT2D eigenvalue weighted by molar-refractivity contribution is -0.115. The molecular formula is C25H21FN2O5S. The van der Waals surface area contributed by atoms with Crippen molar-refractivity contribution in [1.29, 1.82) is 0 Å². The predicted molar refractivity (Wildman–Crippen MR) is 125 cm³/mol. The Kier molecular flexibility index (Phi) is 7.22. The van der Waals surface area contributed by atoms with Crippen molar-refractivity contribution in [3.05, 3.63) is 95.1 Å². The van der Waals surface area contributed by atoms with Gasteiger partial charge in [0.2, 0.25) is 5.91 Å². The molecule has 1 aliphatic heterocycles. The van der Waals surface area contributed by atoms with Crippen LogP contribution in [-0.2, 0) is 14.3 Å². The number of anilines is 1. The average Bonchev–Trinajstić information content (AvgIpc) is 3.23. The minimum Gasteiger partial charge on any atom is -0.458 e. The van der Waals surface area contributed by atoms with E-state index in [2.05, 4.69) is 4.98 Å². The monoisotopic (exact) mass is 480 g/mol. The minimum atomic E-state index is -0.565. The maximum Gasteiger partial charge on any atom is 0.339 e. The highest BCUT2D eigenvalue weighted by Crippen LogP contribution is 2.42. The lowest BCUT2D eigenvalue weighted by Crippen LogP contribution is -2.28. The zero-order chi connectivity index (χ0) is 24.1. The lowest BCUT2D eigenvalue weighted by Gasteiger charge is -2.26. The van der Waals surface area contributed by atoms with Crippen molar-refractivity contribution in [3.63, 3.8) is 0 Å². The van der Waals surface area contributed by atoms with E-state index in [-0.39, 0.29) is 30.3 Å². The van der Waals surface area contributed by atoms with Gasteiger partial charge in [-0.2, -0.15) is 0 Å². The summed E-state index contributed by atoms with van der Waals surface area (Å²) in [4.78, 5) is 42.5. The molecule has 7 nitrogen and oxygen atoms in total. The van der Waals surface area contributed by atoms with Gasteiger partial charge >= 0.3 is 11.9 Å². The van der Waals surface area contributed by atoms with Crippen LogP contribution in [-0.4, -0.2) is 41.8 Å². The third kappa shape index (κ3) is 5.26. The van der Waals surface area contributed by atoms with Gasteiger partial charge in [0.05, 0.1) is 16.9 Å². The van der Waals surface area contributed by atoms with Gasteiger partial charge in [-0.1, -0.05) is 12.1 Å². The molecule has 3 aromatic rings. The number of benzene rings is 2. The number of carbonyl (C=O) groups excluding carboxylic acids is 3. The molecule has 1 unspecified atom stereocenters. The number of halogens is 1. The topological polar surface area (TPSA) is 85.8 Å². The molecule has 174 valence electrons. The van der Waals surface area contributed by atoms with Gasteiger partial charge in [0, 0.05) is 18.1 Å². The van der Waals surface area contributed by atoms with Crippen LogP contribution in [0.25, 0.3) is 0 Å². The number of esters is 2. The van der Waals surface area contributed by atoms with Crippen molar-refractivity contribution in [1.82, 2.24) is 4.98 Å². The number of ether oxygens (including phenoxy) is 2. The van der Waals surface area contributed by atoms with Crippen LogP contribution < -0.4 is 4.90 Å². The van der Waals surface area contributed by atoms with E-state index in [1.807, 2.05) is 0 Å². The highest BCUT2D eigenvalue weighted by Gasteiger charge is 2.35. The third-order valence-electron chi connectivity index (χ3n) is 5.16. The molecule has 0 radical (unpaired) electrons. The van der Waals surface area contributed by atoms with Crippen LogP contribution in [0.15, 0.2) is 67.0 Å². The SMILES string of the molecule is Cc1cc(C(=O)OCCOC(=O)c2cccnc2)ccc1N1C(=O)CSC1c1ccc(F)cc1. The van der Waals surface area contributed by atoms with Crippen LogP contribution in [0.4, 0.5) is 10.1 Å². The van der Waals surface area contributed by atoms with Gasteiger partial charge in [-0.15, -0.1) is 11.8 Å². The number of carbonyl (C=O) groups is 3. The normalized spacial score (nSPS) is 15.3. The number of aryl methyl sites for hydroxylation is 1. The van der Waals surface area contributed by atoms with Crippen LogP contribution >= 0.6 is 11.8 Å². The number of hydrogen-bond acceptors (Lipinski definition) is 7. The number of rotatable bonds is 7. The summed E-state index contributed by atoms with van der Waals surface area (Å²) < 4.78 is 23.6. The molecule has 4 rings (SSSR count). The number of amides is 1. The largest absolute Gasteiger partial charge is 0.458 e. The zero-order valence-corrected chi connectivity index (χ0v) is 19.1. The molecule has 1 aromatic heterocycles. The van der Waals surface area contributed by atoms with E-state index in [4.69, 9.17) is 9.47 Å². The number of aromatic nitrogens is 1. The van der Waals surface area contributed by atoms with E-state index in [0.29, 0.717) is 22.6 Å². The lowest BCUT2D eigenvalue weighted by atomic mass is 10.1. The molecule has 0 aliphatic carbocycles. The Labute approximate surface area is 199 Å². The molecule has 1 aliphatic rings. The van der Waals surface area contributed by atoms with Crippen LogP contribution in [0.5, 0.6) is 0 Å². The molecule has 0 bridgehead atoms. The van der Waals surface area contributed by atoms with E-state index < -0.39 is 11.9 Å². The standard InChI is InChI=1S/C25H21FN2O5S/c1-16-13-18(24(30)32-11-12-33-25(31)19-3-2-10-27-14-19)6-9-21(16)28-22(29)15-34-23(28)17-4-7-20(26)8-5-17/h2-10,13-14,23H,11-12,15H2,1H3. The fourth-order valence-electron chi connectivity index (χ4n) is 3.53. The second kappa shape index (κ2) is 10.5. The van der Waals surface area contributed by atoms with Gasteiger partial charge in [0.25, 0.3) is 0 Å². The first-order valence-electron chi connectivity index (χ1n) is 10.5. The van der Waals surface area contributed by atoms with Crippen molar-refractivity contribution < 1.29 is 28.2 Å². The summed E-state index contributed by atoms with van der Waals surface area (Å²) in [7, 11) is 0. The quantitative estimate of drug-likeness (QED) is 0.368. The number of nitrogens with zero attached hydrogens (tertiary/aromatic N) is 2. The molecule has 0 saturated carbocycles. The molecule has 9 heteroatoms. The predicted octanol–water partition coefficient (Wildman–Crippen LogP) is 4.32. The van der Waals surface area contributed by atoms with Crippen molar-refractivity contribution in [2.75, 3.05) is 23.9 Å². The Hall–Kier alpha value is -3.72. The molecule has 1 atom stereocenters. The summed E-state index contributed by atoms with van der Waals surface area (Å²) in [5, 5.41) is -0.279. The van der Waals surface area contributed by atoms with Crippen molar-refractivity contribution in [2.24, 2.45) is 0 Å². The molecule has 0 spiro atoms. The highest BCUT2D eigenvalue weighted by molar-refractivity contribution is 8.00. The highest BCUT2D eigenvalue weighted by atomic mass is 32.2. The zero-order valence-electron chi connectivity index (χ0n) is 18.3. The van der Waals surface area contributed by atoms with Gasteiger partial charge in [-0.3, -0.25) is 14.7 Å². The number of thioether (sulfide) groups is 1. The average molecular weight is 481 g/mol. The summed E-state index contributed by atoms with van der Waals surface area (Å²) >= 11 is 1.46. The fourth-order valence-corrected chi connectivity index (χ4v) is 4.70. The Morgan fingerprint density at radius 1 is 1.06 bits per heavy atom. The van der Waals surface area contributed by atoms with E-state index in [1.165, 1.54) is 30.1 Å². The van der Waals surface area contributed by atoms with E-state index in [1.54, 1.807) is 60.5 Å². The maximum atomic E-state index is 13.3. The smallest absolute Gasteiger partial charge is 0.339 e. The molecule has 0 N–H and O–H groups in total. The van der Waals surface area contributed by atoms with Gasteiger partial charge in [-0.05, 0) is 60.5 Å². The molecule has 1 saturated heterocycles. The Morgan fingerprint density at radius 2 is 1.76 bits per heavy atom. The molecule has 1 fully saturated rings. The second-order valence-electron chi connectivity index (χ2n) is 7.49. The van der Waals surface area contributed by atoms with Gasteiger partial charge in [-0.25, -0.2) is 14.0 Å². The summed E-state index contributed by atoms with van der Waals surface area (Å²) in [6.45, 7) is 1.62. The summed E-state index contributed by atoms with van der Waals surface area (Å²) in [6, 6.07) is 14.2. The number of pyridine rings is 1. The second-order valence-corrected chi connectivity index (χ2v) is 8.56. The molecule has 2 heterocycles. The van der Waals surface area contributed by atoms with Gasteiger partial charge < -0.3 is 9.47 Å². The summed E-state index contributed by atoms with van der Waals surface area (Å²) in [5.74, 6) is -1.20. The Morgan fingerprint density at radius 3 is 2.41 bits per heavy atom. The van der Waals surface area contributed by atoms with Crippen molar-refractivity contribution >= 4 is 35.3 Å². The molecule has 1 amide bonds. The van der Waals surface area contributed by atoms with E-state index in [0.717, 1.165) is 11.1 Å². The number of hydrogen-bond donors (Lipinski definition) is 0. The van der Waals surface area contributed by atoms with Crippen LogP contribution in [0.2, 0.25) is 0 Å². The Balaban J connectivity index is 1.38. The molecule has 2 aromatic carbocycles.